The van der Waals surface area contributed by atoms with E-state index in [0.29, 0.717) is 5.56 Å². The molecule has 1 radical (unpaired) electrons. The molecule has 0 aliphatic carbocycles. The SMILES string of the molecule is CON=Cc1cc[c]cc1F. The molecule has 0 atom stereocenters. The Morgan fingerprint density at radius 1 is 1.73 bits per heavy atom. The zero-order chi connectivity index (χ0) is 8.10. The van der Waals surface area contributed by atoms with Crippen LogP contribution in [0.2, 0.25) is 0 Å². The van der Waals surface area contributed by atoms with Crippen LogP contribution in [0.4, 0.5) is 4.39 Å². The summed E-state index contributed by atoms with van der Waals surface area (Å²) >= 11 is 0. The van der Waals surface area contributed by atoms with Crippen molar-refractivity contribution in [1.29, 1.82) is 0 Å². The van der Waals surface area contributed by atoms with E-state index in [9.17, 15) is 4.39 Å². The molecule has 57 valence electrons. The molecule has 0 N–H and O–H groups in total. The van der Waals surface area contributed by atoms with E-state index in [1.54, 1.807) is 12.1 Å². The number of hydrogen-bond donors (Lipinski definition) is 0. The first-order valence-electron chi connectivity index (χ1n) is 3.06. The van der Waals surface area contributed by atoms with Crippen molar-refractivity contribution in [3.8, 4) is 0 Å². The summed E-state index contributed by atoms with van der Waals surface area (Å²) < 4.78 is 12.7. The van der Waals surface area contributed by atoms with E-state index in [-0.39, 0.29) is 5.82 Å². The van der Waals surface area contributed by atoms with Gasteiger partial charge in [-0.15, -0.1) is 0 Å². The third-order valence-electron chi connectivity index (χ3n) is 1.14. The van der Waals surface area contributed by atoms with E-state index in [0.717, 1.165) is 0 Å². The van der Waals surface area contributed by atoms with Gasteiger partial charge < -0.3 is 4.84 Å². The van der Waals surface area contributed by atoms with Gasteiger partial charge in [-0.05, 0) is 18.2 Å². The highest BCUT2D eigenvalue weighted by atomic mass is 19.1. The molecular formula is C8H7FNO. The molecule has 0 aromatic heterocycles. The van der Waals surface area contributed by atoms with Crippen LogP contribution < -0.4 is 0 Å². The van der Waals surface area contributed by atoms with Gasteiger partial charge in [0, 0.05) is 5.56 Å². The Balaban J connectivity index is 2.86. The van der Waals surface area contributed by atoms with Crippen molar-refractivity contribution in [2.75, 3.05) is 7.11 Å². The second kappa shape index (κ2) is 3.71. The van der Waals surface area contributed by atoms with Crippen molar-refractivity contribution in [1.82, 2.24) is 0 Å². The molecule has 0 aliphatic rings. The minimum absolute atomic E-state index is 0.353. The van der Waals surface area contributed by atoms with Crippen LogP contribution in [-0.2, 0) is 4.84 Å². The number of hydrogen-bond acceptors (Lipinski definition) is 2. The van der Waals surface area contributed by atoms with Crippen LogP contribution >= 0.6 is 0 Å². The van der Waals surface area contributed by atoms with Crippen molar-refractivity contribution in [3.05, 3.63) is 35.6 Å². The molecule has 1 rings (SSSR count). The van der Waals surface area contributed by atoms with Gasteiger partial charge in [0.05, 0.1) is 6.21 Å². The maximum absolute atomic E-state index is 12.7. The van der Waals surface area contributed by atoms with Gasteiger partial charge in [-0.3, -0.25) is 0 Å². The Morgan fingerprint density at radius 3 is 3.18 bits per heavy atom. The molecule has 11 heavy (non-hydrogen) atoms. The highest BCUT2D eigenvalue weighted by Crippen LogP contribution is 2.01. The molecule has 2 nitrogen and oxygen atoms in total. The van der Waals surface area contributed by atoms with Gasteiger partial charge in [0.2, 0.25) is 0 Å². The topological polar surface area (TPSA) is 21.6 Å². The summed E-state index contributed by atoms with van der Waals surface area (Å²) in [6.45, 7) is 0. The van der Waals surface area contributed by atoms with Crippen molar-refractivity contribution in [3.63, 3.8) is 0 Å². The second-order valence-electron chi connectivity index (χ2n) is 1.86. The van der Waals surface area contributed by atoms with Crippen LogP contribution in [-0.4, -0.2) is 13.3 Å². The second-order valence-corrected chi connectivity index (χ2v) is 1.86. The molecule has 0 amide bonds. The normalized spacial score (nSPS) is 10.4. The van der Waals surface area contributed by atoms with E-state index >= 15 is 0 Å². The maximum atomic E-state index is 12.7. The zero-order valence-electron chi connectivity index (χ0n) is 6.04. The fraction of sp³-hybridized carbons (Fsp3) is 0.125. The molecule has 0 heterocycles. The quantitative estimate of drug-likeness (QED) is 0.466. The minimum atomic E-state index is -0.353. The minimum Gasteiger partial charge on any atom is -0.399 e. The van der Waals surface area contributed by atoms with Crippen LogP contribution in [0, 0.1) is 11.9 Å². The lowest BCUT2D eigenvalue weighted by Crippen LogP contribution is -1.86. The molecule has 0 unspecified atom stereocenters. The lowest BCUT2D eigenvalue weighted by molar-refractivity contribution is 0.215. The Morgan fingerprint density at radius 2 is 2.55 bits per heavy atom. The average molecular weight is 152 g/mol. The average Bonchev–Trinajstić information content (AvgIpc) is 2.03. The number of halogens is 1. The van der Waals surface area contributed by atoms with Crippen molar-refractivity contribution in [2.45, 2.75) is 0 Å². The first-order chi connectivity index (χ1) is 5.34. The third-order valence-corrected chi connectivity index (χ3v) is 1.14. The monoisotopic (exact) mass is 152 g/mol. The van der Waals surface area contributed by atoms with Crippen molar-refractivity contribution in [2.24, 2.45) is 5.16 Å². The largest absolute Gasteiger partial charge is 0.399 e. The molecule has 0 saturated carbocycles. The smallest absolute Gasteiger partial charge is 0.132 e. The summed E-state index contributed by atoms with van der Waals surface area (Å²) in [4.78, 5) is 4.39. The molecule has 0 aliphatic heterocycles. The fourth-order valence-corrected chi connectivity index (χ4v) is 0.636. The molecule has 0 saturated heterocycles. The number of nitrogens with zero attached hydrogens (tertiary/aromatic N) is 1. The van der Waals surface area contributed by atoms with Crippen LogP contribution in [0.1, 0.15) is 5.56 Å². The van der Waals surface area contributed by atoms with Crippen LogP contribution in [0.3, 0.4) is 0 Å². The summed E-state index contributed by atoms with van der Waals surface area (Å²) in [6.07, 6.45) is 1.31. The van der Waals surface area contributed by atoms with Gasteiger partial charge in [-0.25, -0.2) is 4.39 Å². The predicted octanol–water partition coefficient (Wildman–Crippen LogP) is 1.61. The van der Waals surface area contributed by atoms with E-state index in [1.165, 1.54) is 19.4 Å². The molecule has 0 fully saturated rings. The first kappa shape index (κ1) is 7.72. The Hall–Kier alpha value is -1.38. The summed E-state index contributed by atoms with van der Waals surface area (Å²) in [7, 11) is 1.41. The van der Waals surface area contributed by atoms with Gasteiger partial charge >= 0.3 is 0 Å². The van der Waals surface area contributed by atoms with Crippen LogP contribution in [0.5, 0.6) is 0 Å². The molecule has 0 spiro atoms. The van der Waals surface area contributed by atoms with Crippen LogP contribution in [0.25, 0.3) is 0 Å². The standard InChI is InChI=1S/C8H7FNO/c1-11-10-6-7-4-2-3-5-8(7)9/h2,4-6H,1H3. The van der Waals surface area contributed by atoms with Crippen molar-refractivity contribution < 1.29 is 9.23 Å². The molecule has 1 aromatic rings. The van der Waals surface area contributed by atoms with E-state index in [2.05, 4.69) is 16.1 Å². The number of oxime groups is 1. The lowest BCUT2D eigenvalue weighted by atomic mass is 10.2. The summed E-state index contributed by atoms with van der Waals surface area (Å²) in [5.41, 5.74) is 0.394. The van der Waals surface area contributed by atoms with E-state index in [4.69, 9.17) is 0 Å². The first-order valence-corrected chi connectivity index (χ1v) is 3.06. The molecular weight excluding hydrogens is 145 g/mol. The van der Waals surface area contributed by atoms with Gasteiger partial charge in [0.25, 0.3) is 0 Å². The van der Waals surface area contributed by atoms with Gasteiger partial charge in [0.1, 0.15) is 12.9 Å². The Bertz CT molecular complexity index is 260. The summed E-state index contributed by atoms with van der Waals surface area (Å²) in [6, 6.07) is 7.03. The highest BCUT2D eigenvalue weighted by Gasteiger charge is 1.94. The Labute approximate surface area is 64.3 Å². The zero-order valence-corrected chi connectivity index (χ0v) is 6.04. The van der Waals surface area contributed by atoms with Gasteiger partial charge in [-0.2, -0.15) is 0 Å². The lowest BCUT2D eigenvalue weighted by Gasteiger charge is -1.92. The third kappa shape index (κ3) is 2.04. The van der Waals surface area contributed by atoms with Gasteiger partial charge in [-0.1, -0.05) is 11.2 Å². The van der Waals surface area contributed by atoms with Gasteiger partial charge in [0.15, 0.2) is 0 Å². The van der Waals surface area contributed by atoms with Crippen molar-refractivity contribution >= 4 is 6.21 Å². The van der Waals surface area contributed by atoms with Crippen LogP contribution in [0.15, 0.2) is 23.4 Å². The fourth-order valence-electron chi connectivity index (χ4n) is 0.636. The number of rotatable bonds is 2. The predicted molar refractivity (Wildman–Crippen MR) is 39.8 cm³/mol. The maximum Gasteiger partial charge on any atom is 0.132 e. The van der Waals surface area contributed by atoms with E-state index in [1.807, 2.05) is 0 Å². The molecule has 3 heteroatoms. The van der Waals surface area contributed by atoms with E-state index < -0.39 is 0 Å². The highest BCUT2D eigenvalue weighted by molar-refractivity contribution is 5.79. The summed E-state index contributed by atoms with van der Waals surface area (Å²) in [5.74, 6) is -0.353. The number of benzene rings is 1. The molecule has 1 aromatic carbocycles. The summed E-state index contributed by atoms with van der Waals surface area (Å²) in [5, 5.41) is 3.42. The Kier molecular flexibility index (Phi) is 2.60. The molecule has 0 bridgehead atoms.